The van der Waals surface area contributed by atoms with Crippen LogP contribution in [0.15, 0.2) is 22.3 Å². The van der Waals surface area contributed by atoms with Crippen LogP contribution in [0.2, 0.25) is 0 Å². The molecule has 0 spiro atoms. The largest absolute Gasteiger partial charge is 0.0701 e. The van der Waals surface area contributed by atoms with Gasteiger partial charge in [-0.25, -0.2) is 0 Å². The summed E-state index contributed by atoms with van der Waals surface area (Å²) in [4.78, 5) is 0. The molecule has 1 radical (unpaired) electrons. The Kier molecular flexibility index (Phi) is 5.93. The van der Waals surface area contributed by atoms with Gasteiger partial charge in [-0.15, -0.1) is 0 Å². The Hall–Kier alpha value is 0.129. The average molecular weight is 371 g/mol. The third-order valence-corrected chi connectivity index (χ3v) is 3.72. The maximum absolute atomic E-state index is 2.35. The predicted octanol–water partition coefficient (Wildman–Crippen LogP) is 4.48. The molecule has 0 heterocycles. The summed E-state index contributed by atoms with van der Waals surface area (Å²) in [6.45, 7) is 11.5. The number of rotatable bonds is 0. The zero-order valence-corrected chi connectivity index (χ0v) is 12.4. The fourth-order valence-corrected chi connectivity index (χ4v) is 2.06. The first-order chi connectivity index (χ1) is 6.04. The molecule has 0 aromatic heterocycles. The number of hydrogen-bond donors (Lipinski definition) is 0. The van der Waals surface area contributed by atoms with Crippen molar-refractivity contribution in [2.24, 2.45) is 5.92 Å². The minimum atomic E-state index is 0. The smallest absolute Gasteiger partial charge is 0 e. The van der Waals surface area contributed by atoms with Crippen molar-refractivity contribution in [2.75, 3.05) is 0 Å². The topological polar surface area (TPSA) is 0 Å². The summed E-state index contributed by atoms with van der Waals surface area (Å²) in [6, 6.07) is 0. The van der Waals surface area contributed by atoms with Crippen molar-refractivity contribution < 1.29 is 20.1 Å². The molecule has 83 valence electrons. The van der Waals surface area contributed by atoms with Crippen LogP contribution in [0.3, 0.4) is 0 Å². The van der Waals surface area contributed by atoms with Gasteiger partial charge in [0.2, 0.25) is 0 Å². The molecule has 0 saturated carbocycles. The van der Waals surface area contributed by atoms with Crippen LogP contribution in [0.1, 0.15) is 53.9 Å². The maximum atomic E-state index is 2.35. The molecule has 0 amide bonds. The van der Waals surface area contributed by atoms with Gasteiger partial charge in [-0.05, 0) is 64.0 Å². The van der Waals surface area contributed by atoms with Gasteiger partial charge >= 0.3 is 0 Å². The molecule has 1 rings (SSSR count). The van der Waals surface area contributed by atoms with E-state index in [9.17, 15) is 0 Å². The molecule has 0 bridgehead atoms. The van der Waals surface area contributed by atoms with Gasteiger partial charge in [0.1, 0.15) is 0 Å². The monoisotopic (exact) mass is 371 g/mol. The fourth-order valence-electron chi connectivity index (χ4n) is 2.06. The minimum absolute atomic E-state index is 0. The molecule has 0 saturated heterocycles. The summed E-state index contributed by atoms with van der Waals surface area (Å²) in [5.41, 5.74) is 6.24. The van der Waals surface area contributed by atoms with Gasteiger partial charge in [0, 0.05) is 20.1 Å². The molecule has 1 heteroatoms. The van der Waals surface area contributed by atoms with E-state index in [1.54, 1.807) is 11.1 Å². The molecule has 0 aromatic carbocycles. The van der Waals surface area contributed by atoms with Crippen LogP contribution < -0.4 is 0 Å². The molecule has 1 aliphatic rings. The standard InChI is InChI=1S/C13H22.Ir/c1-9-7-6-8-10(2)12(4)13(5)11(9)3;/h9H,6-8H2,1-5H3;. The number of allylic oxidation sites excluding steroid dienone is 4. The molecule has 0 aromatic rings. The SMILES string of the molecule is CC1=C(C)C(C)=C(C)C(C)CCC1.[Ir]. The van der Waals surface area contributed by atoms with E-state index in [1.165, 1.54) is 30.4 Å². The molecule has 14 heavy (non-hydrogen) atoms. The van der Waals surface area contributed by atoms with Crippen molar-refractivity contribution >= 4 is 0 Å². The molecule has 1 unspecified atom stereocenters. The van der Waals surface area contributed by atoms with E-state index in [2.05, 4.69) is 34.6 Å². The maximum Gasteiger partial charge on any atom is 0 e. The summed E-state index contributed by atoms with van der Waals surface area (Å²) in [5, 5.41) is 0. The number of hydrogen-bond acceptors (Lipinski definition) is 0. The molecular formula is C13H22Ir. The first kappa shape index (κ1) is 14.1. The molecule has 0 N–H and O–H groups in total. The zero-order chi connectivity index (χ0) is 10.0. The van der Waals surface area contributed by atoms with E-state index in [4.69, 9.17) is 0 Å². The summed E-state index contributed by atoms with van der Waals surface area (Å²) < 4.78 is 0. The van der Waals surface area contributed by atoms with E-state index in [-0.39, 0.29) is 20.1 Å². The Morgan fingerprint density at radius 1 is 1.00 bits per heavy atom. The van der Waals surface area contributed by atoms with Gasteiger partial charge < -0.3 is 0 Å². The van der Waals surface area contributed by atoms with Gasteiger partial charge in [0.25, 0.3) is 0 Å². The molecular weight excluding hydrogens is 348 g/mol. The second-order valence-electron chi connectivity index (χ2n) is 4.51. The van der Waals surface area contributed by atoms with Crippen LogP contribution in [0.4, 0.5) is 0 Å². The Balaban J connectivity index is 0.00000169. The first-order valence-corrected chi connectivity index (χ1v) is 5.38. The van der Waals surface area contributed by atoms with E-state index in [0.29, 0.717) is 0 Å². The molecule has 0 fully saturated rings. The molecule has 0 aliphatic heterocycles. The van der Waals surface area contributed by atoms with Gasteiger partial charge in [-0.3, -0.25) is 0 Å². The van der Waals surface area contributed by atoms with Crippen LogP contribution >= 0.6 is 0 Å². The second-order valence-corrected chi connectivity index (χ2v) is 4.51. The minimum Gasteiger partial charge on any atom is -0.0701 e. The van der Waals surface area contributed by atoms with Crippen LogP contribution in [-0.4, -0.2) is 0 Å². The Morgan fingerprint density at radius 3 is 2.14 bits per heavy atom. The van der Waals surface area contributed by atoms with Gasteiger partial charge in [0.15, 0.2) is 0 Å². The summed E-state index contributed by atoms with van der Waals surface area (Å²) in [7, 11) is 0. The van der Waals surface area contributed by atoms with Crippen molar-refractivity contribution in [1.29, 1.82) is 0 Å². The summed E-state index contributed by atoms with van der Waals surface area (Å²) >= 11 is 0. The third-order valence-electron chi connectivity index (χ3n) is 3.72. The van der Waals surface area contributed by atoms with Crippen LogP contribution in [0.5, 0.6) is 0 Å². The van der Waals surface area contributed by atoms with Crippen molar-refractivity contribution in [3.63, 3.8) is 0 Å². The van der Waals surface area contributed by atoms with Crippen molar-refractivity contribution in [2.45, 2.75) is 53.9 Å². The van der Waals surface area contributed by atoms with Gasteiger partial charge in [0.05, 0.1) is 0 Å². The quantitative estimate of drug-likeness (QED) is 0.590. The first-order valence-electron chi connectivity index (χ1n) is 5.38. The second kappa shape index (κ2) is 5.88. The normalized spacial score (nSPS) is 24.2. The van der Waals surface area contributed by atoms with Crippen molar-refractivity contribution in [3.05, 3.63) is 22.3 Å². The van der Waals surface area contributed by atoms with Crippen LogP contribution in [0, 0.1) is 5.92 Å². The van der Waals surface area contributed by atoms with Crippen LogP contribution in [0.25, 0.3) is 0 Å². The van der Waals surface area contributed by atoms with Gasteiger partial charge in [-0.1, -0.05) is 18.1 Å². The Morgan fingerprint density at radius 2 is 1.57 bits per heavy atom. The summed E-state index contributed by atoms with van der Waals surface area (Å²) in [5.74, 6) is 0.781. The molecule has 1 atom stereocenters. The Labute approximate surface area is 102 Å². The van der Waals surface area contributed by atoms with Crippen molar-refractivity contribution in [3.8, 4) is 0 Å². The zero-order valence-electron chi connectivity index (χ0n) is 10.0. The van der Waals surface area contributed by atoms with E-state index >= 15 is 0 Å². The molecule has 0 nitrogen and oxygen atoms in total. The van der Waals surface area contributed by atoms with E-state index < -0.39 is 0 Å². The summed E-state index contributed by atoms with van der Waals surface area (Å²) in [6.07, 6.45) is 4.00. The average Bonchev–Trinajstić information content (AvgIpc) is 2.12. The third kappa shape index (κ3) is 3.07. The fraction of sp³-hybridized carbons (Fsp3) is 0.692. The molecule has 1 aliphatic carbocycles. The van der Waals surface area contributed by atoms with E-state index in [1.807, 2.05) is 0 Å². The van der Waals surface area contributed by atoms with E-state index in [0.717, 1.165) is 5.92 Å². The van der Waals surface area contributed by atoms with Crippen molar-refractivity contribution in [1.82, 2.24) is 0 Å². The van der Waals surface area contributed by atoms with Crippen LogP contribution in [-0.2, 0) is 20.1 Å². The predicted molar refractivity (Wildman–Crippen MR) is 59.8 cm³/mol. The van der Waals surface area contributed by atoms with Gasteiger partial charge in [-0.2, -0.15) is 0 Å². The Bertz CT molecular complexity index is 258.